The molecule has 0 radical (unpaired) electrons. The number of fused-ring (bicyclic) bond motifs is 3. The summed E-state index contributed by atoms with van der Waals surface area (Å²) in [6.07, 6.45) is -4.31. The molecule has 1 heterocycles. The van der Waals surface area contributed by atoms with Crippen LogP contribution in [0.4, 0.5) is 0 Å². The van der Waals surface area contributed by atoms with Crippen molar-refractivity contribution in [3.8, 4) is 0 Å². The van der Waals surface area contributed by atoms with Gasteiger partial charge in [0.15, 0.2) is 17.5 Å². The number of nitrogens with two attached hydrogens (primary N) is 1. The Kier molecular flexibility index (Phi) is 5.28. The molecule has 8 atom stereocenters. The molecule has 0 aromatic heterocycles. The molecule has 1 saturated heterocycles. The number of epoxide rings is 1. The molecule has 0 spiro atoms. The fourth-order valence-electron chi connectivity index (χ4n) is 4.41. The van der Waals surface area contributed by atoms with E-state index in [9.17, 15) is 30.0 Å². The quantitative estimate of drug-likeness (QED) is 0.197. The fraction of sp³-hybridized carbons (Fsp3) is 0.684. The molecule has 28 heavy (non-hydrogen) atoms. The van der Waals surface area contributed by atoms with Gasteiger partial charge in [0.25, 0.3) is 0 Å². The maximum Gasteiger partial charge on any atom is 0.338 e. The van der Waals surface area contributed by atoms with E-state index in [4.69, 9.17) is 15.2 Å². The number of hydrogen-bond acceptors (Lipinski definition) is 9. The maximum absolute atomic E-state index is 12.8. The second-order valence-electron chi connectivity index (χ2n) is 8.09. The highest BCUT2D eigenvalue weighted by atomic mass is 16.6. The van der Waals surface area contributed by atoms with Crippen LogP contribution in [0.25, 0.3) is 0 Å². The second-order valence-corrected chi connectivity index (χ2v) is 8.09. The Morgan fingerprint density at radius 1 is 1.46 bits per heavy atom. The summed E-state index contributed by atoms with van der Waals surface area (Å²) < 4.78 is 10.8. The SMILES string of the molecule is C=C(COC(=O)[C@H](O)[C@H](O)CN)[C@]12O[C@@H]1[C@]1(C)C(=CC2=O)[C@H](O)[C@H](O)C[C@@H]1C. The zero-order valence-electron chi connectivity index (χ0n) is 15.9. The Morgan fingerprint density at radius 2 is 2.11 bits per heavy atom. The molecule has 1 saturated carbocycles. The van der Waals surface area contributed by atoms with E-state index in [2.05, 4.69) is 6.58 Å². The van der Waals surface area contributed by atoms with Gasteiger partial charge in [0.2, 0.25) is 0 Å². The first kappa shape index (κ1) is 21.1. The molecular formula is C19H27NO8. The van der Waals surface area contributed by atoms with E-state index in [0.29, 0.717) is 12.0 Å². The van der Waals surface area contributed by atoms with Crippen LogP contribution < -0.4 is 5.73 Å². The second kappa shape index (κ2) is 7.01. The predicted octanol–water partition coefficient (Wildman–Crippen LogP) is -1.82. The summed E-state index contributed by atoms with van der Waals surface area (Å²) in [6, 6.07) is 0. The van der Waals surface area contributed by atoms with Crippen LogP contribution in [0.1, 0.15) is 20.3 Å². The molecule has 0 unspecified atom stereocenters. The highest BCUT2D eigenvalue weighted by molar-refractivity contribution is 6.05. The Morgan fingerprint density at radius 3 is 2.71 bits per heavy atom. The topological polar surface area (TPSA) is 163 Å². The van der Waals surface area contributed by atoms with Crippen LogP contribution >= 0.6 is 0 Å². The van der Waals surface area contributed by atoms with Crippen LogP contribution in [-0.2, 0) is 19.1 Å². The van der Waals surface area contributed by atoms with Crippen molar-refractivity contribution in [3.63, 3.8) is 0 Å². The molecule has 0 bridgehead atoms. The van der Waals surface area contributed by atoms with Crippen molar-refractivity contribution in [2.45, 2.75) is 56.4 Å². The minimum absolute atomic E-state index is 0.0750. The lowest BCUT2D eigenvalue weighted by Gasteiger charge is -2.47. The van der Waals surface area contributed by atoms with Crippen LogP contribution in [0.5, 0.6) is 0 Å². The molecule has 0 amide bonds. The van der Waals surface area contributed by atoms with Gasteiger partial charge < -0.3 is 35.6 Å². The molecule has 6 N–H and O–H groups in total. The number of hydrogen-bond donors (Lipinski definition) is 5. The Balaban J connectivity index is 1.78. The lowest BCUT2D eigenvalue weighted by Crippen LogP contribution is -2.54. The van der Waals surface area contributed by atoms with Crippen molar-refractivity contribution in [3.05, 3.63) is 23.8 Å². The zero-order chi connectivity index (χ0) is 21.0. The van der Waals surface area contributed by atoms with Gasteiger partial charge in [-0.05, 0) is 24.0 Å². The molecule has 0 aromatic rings. The molecule has 2 fully saturated rings. The predicted molar refractivity (Wildman–Crippen MR) is 95.8 cm³/mol. The van der Waals surface area contributed by atoms with E-state index in [0.717, 1.165) is 0 Å². The van der Waals surface area contributed by atoms with E-state index >= 15 is 0 Å². The number of rotatable bonds is 6. The lowest BCUT2D eigenvalue weighted by molar-refractivity contribution is -0.158. The van der Waals surface area contributed by atoms with Gasteiger partial charge >= 0.3 is 5.97 Å². The summed E-state index contributed by atoms with van der Waals surface area (Å²) in [6.45, 7) is 6.92. The number of carbonyl (C=O) groups is 2. The summed E-state index contributed by atoms with van der Waals surface area (Å²) >= 11 is 0. The van der Waals surface area contributed by atoms with Gasteiger partial charge in [-0.15, -0.1) is 0 Å². The average molecular weight is 397 g/mol. The Labute approximate surface area is 162 Å². The smallest absolute Gasteiger partial charge is 0.338 e. The normalized spacial score (nSPS) is 41.2. The fourth-order valence-corrected chi connectivity index (χ4v) is 4.41. The molecule has 156 valence electrons. The van der Waals surface area contributed by atoms with E-state index < -0.39 is 53.3 Å². The summed E-state index contributed by atoms with van der Waals surface area (Å²) in [5.41, 5.74) is 3.78. The Bertz CT molecular complexity index is 735. The van der Waals surface area contributed by atoms with Gasteiger partial charge in [-0.1, -0.05) is 20.4 Å². The van der Waals surface area contributed by atoms with E-state index in [1.54, 1.807) is 0 Å². The third-order valence-electron chi connectivity index (χ3n) is 6.50. The standard InChI is InChI=1S/C19H27NO8/c1-8-4-11(21)14(24)10-5-13(23)19(17(28-19)18(8,10)3)9(2)7-27-16(26)15(25)12(22)6-20/h5,8,11-12,14-15,17,21-22,24-25H,2,4,6-7,20H2,1,3H3/t8-,11+,12+,14-,15+,17+,18-,19+/m0/s1. The van der Waals surface area contributed by atoms with Crippen molar-refractivity contribution >= 4 is 11.8 Å². The van der Waals surface area contributed by atoms with E-state index in [-0.39, 0.29) is 24.6 Å². The highest BCUT2D eigenvalue weighted by Crippen LogP contribution is 2.63. The molecule has 3 aliphatic rings. The van der Waals surface area contributed by atoms with Crippen molar-refractivity contribution in [1.29, 1.82) is 0 Å². The minimum atomic E-state index is -1.80. The van der Waals surface area contributed by atoms with Crippen LogP contribution in [0.3, 0.4) is 0 Å². The lowest BCUT2D eigenvalue weighted by atomic mass is 9.56. The first-order valence-corrected chi connectivity index (χ1v) is 9.23. The summed E-state index contributed by atoms with van der Waals surface area (Å²) in [5, 5.41) is 39.5. The van der Waals surface area contributed by atoms with Crippen LogP contribution in [0, 0.1) is 11.3 Å². The van der Waals surface area contributed by atoms with Crippen molar-refractivity contribution in [2.75, 3.05) is 13.2 Å². The zero-order valence-corrected chi connectivity index (χ0v) is 15.9. The molecule has 9 nitrogen and oxygen atoms in total. The number of ketones is 1. The van der Waals surface area contributed by atoms with E-state index in [1.165, 1.54) is 6.08 Å². The van der Waals surface area contributed by atoms with Crippen molar-refractivity contribution in [2.24, 2.45) is 17.1 Å². The van der Waals surface area contributed by atoms with Gasteiger partial charge in [-0.3, -0.25) is 4.79 Å². The average Bonchev–Trinajstić information content (AvgIpc) is 3.44. The van der Waals surface area contributed by atoms with Gasteiger partial charge in [0, 0.05) is 17.5 Å². The molecule has 3 rings (SSSR count). The molecule has 1 aliphatic heterocycles. The highest BCUT2D eigenvalue weighted by Gasteiger charge is 2.74. The third kappa shape index (κ3) is 2.85. The Hall–Kier alpha value is -1.62. The maximum atomic E-state index is 12.8. The first-order valence-electron chi connectivity index (χ1n) is 9.23. The summed E-state index contributed by atoms with van der Waals surface area (Å²) in [4.78, 5) is 24.6. The number of ether oxygens (including phenoxy) is 2. The number of aliphatic hydroxyl groups is 4. The van der Waals surface area contributed by atoms with Crippen molar-refractivity contribution in [1.82, 2.24) is 0 Å². The van der Waals surface area contributed by atoms with Gasteiger partial charge in [0.05, 0.1) is 6.10 Å². The largest absolute Gasteiger partial charge is 0.459 e. The van der Waals surface area contributed by atoms with E-state index in [1.807, 2.05) is 13.8 Å². The molecule has 0 aromatic carbocycles. The number of esters is 1. The van der Waals surface area contributed by atoms with Crippen LogP contribution in [0.2, 0.25) is 0 Å². The first-order chi connectivity index (χ1) is 13.0. The number of aliphatic hydroxyl groups excluding tert-OH is 4. The third-order valence-corrected chi connectivity index (χ3v) is 6.50. The van der Waals surface area contributed by atoms with Gasteiger partial charge in [0.1, 0.15) is 24.9 Å². The molecule has 2 aliphatic carbocycles. The summed E-state index contributed by atoms with van der Waals surface area (Å²) in [7, 11) is 0. The monoisotopic (exact) mass is 397 g/mol. The number of carbonyl (C=O) groups excluding carboxylic acids is 2. The molecule has 9 heteroatoms. The van der Waals surface area contributed by atoms with Crippen LogP contribution in [0.15, 0.2) is 23.8 Å². The summed E-state index contributed by atoms with van der Waals surface area (Å²) in [5.74, 6) is -1.59. The van der Waals surface area contributed by atoms with Crippen molar-refractivity contribution < 1.29 is 39.5 Å². The van der Waals surface area contributed by atoms with Gasteiger partial charge in [-0.2, -0.15) is 0 Å². The minimum Gasteiger partial charge on any atom is -0.459 e. The molecular weight excluding hydrogens is 370 g/mol. The van der Waals surface area contributed by atoms with Crippen LogP contribution in [-0.4, -0.2) is 81.5 Å². The van der Waals surface area contributed by atoms with Gasteiger partial charge in [-0.25, -0.2) is 4.79 Å².